The molecule has 5 aliphatic rings. The van der Waals surface area contributed by atoms with Gasteiger partial charge in [0.05, 0.1) is 17.2 Å². The number of fused-ring (bicyclic) bond motifs is 1. The van der Waals surface area contributed by atoms with Crippen LogP contribution in [0.4, 0.5) is 11.4 Å². The minimum atomic E-state index is -0.627. The van der Waals surface area contributed by atoms with E-state index in [1.165, 1.54) is 62.3 Å². The number of nitrogens with one attached hydrogen (secondary N) is 1. The summed E-state index contributed by atoms with van der Waals surface area (Å²) < 4.78 is 0. The molecule has 7 rings (SSSR count). The highest BCUT2D eigenvalue weighted by molar-refractivity contribution is 6.23. The number of aryl methyl sites for hydroxylation is 1. The molecule has 4 bridgehead atoms. The summed E-state index contributed by atoms with van der Waals surface area (Å²) in [6.07, 6.45) is 8.15. The van der Waals surface area contributed by atoms with E-state index >= 15 is 0 Å². The van der Waals surface area contributed by atoms with Crippen molar-refractivity contribution in [3.05, 3.63) is 68.8 Å². The topological polar surface area (TPSA) is 92.6 Å². The minimum Gasteiger partial charge on any atom is -0.367 e. The number of anilines is 1. The summed E-state index contributed by atoms with van der Waals surface area (Å²) in [6, 6.07) is 10.7. The zero-order chi connectivity index (χ0) is 22.9. The van der Waals surface area contributed by atoms with Gasteiger partial charge < -0.3 is 5.32 Å². The van der Waals surface area contributed by atoms with Gasteiger partial charge in [0.25, 0.3) is 17.5 Å². The molecule has 1 aliphatic heterocycles. The summed E-state index contributed by atoms with van der Waals surface area (Å²) in [5, 5.41) is 14.5. The van der Waals surface area contributed by atoms with Gasteiger partial charge in [0, 0.05) is 11.8 Å². The van der Waals surface area contributed by atoms with Gasteiger partial charge in [-0.15, -0.1) is 0 Å². The molecule has 4 aliphatic carbocycles. The summed E-state index contributed by atoms with van der Waals surface area (Å²) >= 11 is 0. The Morgan fingerprint density at radius 2 is 1.70 bits per heavy atom. The summed E-state index contributed by atoms with van der Waals surface area (Å²) in [4.78, 5) is 37.3. The second-order valence-corrected chi connectivity index (χ2v) is 10.6. The average Bonchev–Trinajstić information content (AvgIpc) is 3.02. The van der Waals surface area contributed by atoms with Crippen LogP contribution in [0.1, 0.15) is 70.4 Å². The van der Waals surface area contributed by atoms with Gasteiger partial charge >= 0.3 is 0 Å². The summed E-state index contributed by atoms with van der Waals surface area (Å²) in [5.41, 5.74) is 3.35. The Balaban J connectivity index is 1.21. The van der Waals surface area contributed by atoms with Crippen LogP contribution in [0, 0.1) is 34.8 Å². The largest absolute Gasteiger partial charge is 0.367 e. The molecule has 0 atom stereocenters. The molecular formula is C26H27N3O4. The molecule has 4 fully saturated rings. The van der Waals surface area contributed by atoms with Crippen molar-refractivity contribution in [2.45, 2.75) is 50.9 Å². The van der Waals surface area contributed by atoms with E-state index in [1.807, 2.05) is 0 Å². The number of rotatable bonds is 5. The number of amides is 2. The molecule has 2 aromatic rings. The van der Waals surface area contributed by atoms with Crippen LogP contribution in [0.2, 0.25) is 0 Å². The van der Waals surface area contributed by atoms with Crippen molar-refractivity contribution in [3.8, 4) is 0 Å². The van der Waals surface area contributed by atoms with Gasteiger partial charge in [-0.1, -0.05) is 18.2 Å². The third kappa shape index (κ3) is 3.09. The predicted octanol–water partition coefficient (Wildman–Crippen LogP) is 5.04. The fourth-order valence-electron chi connectivity index (χ4n) is 7.43. The van der Waals surface area contributed by atoms with E-state index in [0.717, 1.165) is 33.9 Å². The monoisotopic (exact) mass is 445 g/mol. The van der Waals surface area contributed by atoms with Gasteiger partial charge in [0.15, 0.2) is 0 Å². The van der Waals surface area contributed by atoms with Gasteiger partial charge in [0.1, 0.15) is 5.56 Å². The zero-order valence-electron chi connectivity index (χ0n) is 18.7. The molecule has 33 heavy (non-hydrogen) atoms. The van der Waals surface area contributed by atoms with Crippen LogP contribution in [-0.4, -0.2) is 28.3 Å². The molecule has 0 radical (unpaired) electrons. The maximum absolute atomic E-state index is 12.8. The molecule has 2 aromatic carbocycles. The van der Waals surface area contributed by atoms with Crippen LogP contribution < -0.4 is 5.32 Å². The summed E-state index contributed by atoms with van der Waals surface area (Å²) in [7, 11) is 0. The van der Waals surface area contributed by atoms with Crippen LogP contribution in [0.25, 0.3) is 0 Å². The van der Waals surface area contributed by atoms with E-state index in [2.05, 4.69) is 30.4 Å². The Morgan fingerprint density at radius 1 is 1.03 bits per heavy atom. The maximum Gasteiger partial charge on any atom is 0.282 e. The Bertz CT molecular complexity index is 1170. The third-order valence-corrected chi connectivity index (χ3v) is 8.48. The average molecular weight is 446 g/mol. The fourth-order valence-corrected chi connectivity index (χ4v) is 7.43. The van der Waals surface area contributed by atoms with Gasteiger partial charge in [-0.25, -0.2) is 0 Å². The Labute approximate surface area is 192 Å². The van der Waals surface area contributed by atoms with E-state index < -0.39 is 16.7 Å². The molecule has 170 valence electrons. The molecule has 0 unspecified atom stereocenters. The number of carbonyl (C=O) groups is 2. The number of nitro benzene ring substituents is 1. The van der Waals surface area contributed by atoms with Crippen LogP contribution >= 0.6 is 0 Å². The molecule has 1 heterocycles. The summed E-state index contributed by atoms with van der Waals surface area (Å²) in [6.45, 7) is 2.03. The van der Waals surface area contributed by atoms with E-state index in [1.54, 1.807) is 0 Å². The molecule has 2 amide bonds. The first kappa shape index (κ1) is 20.4. The van der Waals surface area contributed by atoms with Gasteiger partial charge in [-0.05, 0) is 91.9 Å². The van der Waals surface area contributed by atoms with Crippen molar-refractivity contribution >= 4 is 23.2 Å². The Morgan fingerprint density at radius 3 is 2.30 bits per heavy atom. The van der Waals surface area contributed by atoms with E-state index in [9.17, 15) is 19.7 Å². The lowest BCUT2D eigenvalue weighted by Gasteiger charge is -2.57. The number of imide groups is 1. The molecule has 0 aromatic heterocycles. The van der Waals surface area contributed by atoms with Crippen LogP contribution in [-0.2, 0) is 5.41 Å². The fraction of sp³-hybridized carbons (Fsp3) is 0.462. The molecule has 0 saturated heterocycles. The third-order valence-electron chi connectivity index (χ3n) is 8.48. The second kappa shape index (κ2) is 7.14. The zero-order valence-corrected chi connectivity index (χ0v) is 18.7. The molecule has 7 nitrogen and oxygen atoms in total. The maximum atomic E-state index is 12.8. The predicted molar refractivity (Wildman–Crippen MR) is 123 cm³/mol. The Hall–Kier alpha value is -3.22. The normalized spacial score (nSPS) is 29.5. The van der Waals surface area contributed by atoms with Crippen LogP contribution in [0.15, 0.2) is 36.4 Å². The van der Waals surface area contributed by atoms with E-state index in [4.69, 9.17) is 0 Å². The number of carbonyl (C=O) groups excluding carboxylic acids is 2. The standard InChI is InChI=1S/C26H27N3O4/c1-15-7-19(26-11-16-8-17(12-26)10-18(9-16)13-26)5-6-21(15)27-14-28-24(30)20-3-2-4-22(29(32)33)23(20)25(28)31/h2-7,16-18,27H,8-14H2,1H3. The van der Waals surface area contributed by atoms with Gasteiger partial charge in [0.2, 0.25) is 0 Å². The van der Waals surface area contributed by atoms with Crippen molar-refractivity contribution in [2.75, 3.05) is 12.0 Å². The molecule has 7 heteroatoms. The Kier molecular flexibility index (Phi) is 4.41. The highest BCUT2D eigenvalue weighted by Crippen LogP contribution is 2.60. The van der Waals surface area contributed by atoms with Crippen molar-refractivity contribution in [2.24, 2.45) is 17.8 Å². The lowest BCUT2D eigenvalue weighted by Crippen LogP contribution is -2.48. The molecular weight excluding hydrogens is 418 g/mol. The SMILES string of the molecule is Cc1cc(C23CC4CC(CC(C4)C2)C3)ccc1NCN1C(=O)c2cccc([N+](=O)[O-])c2C1=O. The number of hydrogen-bond acceptors (Lipinski definition) is 5. The first-order valence-corrected chi connectivity index (χ1v) is 11.8. The molecule has 0 spiro atoms. The number of benzene rings is 2. The van der Waals surface area contributed by atoms with Crippen molar-refractivity contribution < 1.29 is 14.5 Å². The van der Waals surface area contributed by atoms with Gasteiger partial charge in [-0.3, -0.25) is 24.6 Å². The van der Waals surface area contributed by atoms with Crippen LogP contribution in [0.5, 0.6) is 0 Å². The van der Waals surface area contributed by atoms with E-state index in [0.29, 0.717) is 5.41 Å². The highest BCUT2D eigenvalue weighted by atomic mass is 16.6. The van der Waals surface area contributed by atoms with Crippen LogP contribution in [0.3, 0.4) is 0 Å². The molecule has 1 N–H and O–H groups in total. The number of hydrogen-bond donors (Lipinski definition) is 1. The number of nitro groups is 1. The van der Waals surface area contributed by atoms with Crippen molar-refractivity contribution in [3.63, 3.8) is 0 Å². The first-order chi connectivity index (χ1) is 15.8. The van der Waals surface area contributed by atoms with Crippen molar-refractivity contribution in [1.82, 2.24) is 4.90 Å². The summed E-state index contributed by atoms with van der Waals surface area (Å²) in [5.74, 6) is 1.51. The quantitative estimate of drug-likeness (QED) is 0.396. The second-order valence-electron chi connectivity index (χ2n) is 10.6. The lowest BCUT2D eigenvalue weighted by molar-refractivity contribution is -0.385. The van der Waals surface area contributed by atoms with Crippen molar-refractivity contribution in [1.29, 1.82) is 0 Å². The molecule has 4 saturated carbocycles. The lowest BCUT2D eigenvalue weighted by atomic mass is 9.48. The first-order valence-electron chi connectivity index (χ1n) is 11.8. The minimum absolute atomic E-state index is 0.0267. The highest BCUT2D eigenvalue weighted by Gasteiger charge is 2.51. The van der Waals surface area contributed by atoms with E-state index in [-0.39, 0.29) is 23.5 Å². The smallest absolute Gasteiger partial charge is 0.282 e. The van der Waals surface area contributed by atoms with Gasteiger partial charge in [-0.2, -0.15) is 0 Å². The number of nitrogens with zero attached hydrogens (tertiary/aromatic N) is 2.